The Morgan fingerprint density at radius 3 is 2.31 bits per heavy atom. The number of carbonyl (C=O) groups is 3. The van der Waals surface area contributed by atoms with Gasteiger partial charge in [0.2, 0.25) is 5.91 Å². The van der Waals surface area contributed by atoms with E-state index in [1.807, 2.05) is 19.9 Å². The highest BCUT2D eigenvalue weighted by Crippen LogP contribution is 2.43. The standard InChI is InChI=1S/C28H26N2O5/c1-16-8-9-20(14-17(16)2)26(32)24-25(19-6-5-7-23(15-19)35-4)30(28(34)27(24)33)22-12-10-21(11-13-22)29-18(3)31/h5-15,25,32H,1-4H3,(H,29,31)/b26-24-. The minimum atomic E-state index is -0.877. The van der Waals surface area contributed by atoms with Crippen LogP contribution >= 0.6 is 0 Å². The van der Waals surface area contributed by atoms with Gasteiger partial charge in [-0.05, 0) is 73.0 Å². The van der Waals surface area contributed by atoms with Crippen molar-refractivity contribution in [2.24, 2.45) is 0 Å². The number of methoxy groups -OCH3 is 1. The zero-order valence-electron chi connectivity index (χ0n) is 20.0. The molecule has 0 radical (unpaired) electrons. The summed E-state index contributed by atoms with van der Waals surface area (Å²) in [7, 11) is 1.53. The van der Waals surface area contributed by atoms with Crippen LogP contribution in [0.25, 0.3) is 5.76 Å². The van der Waals surface area contributed by atoms with Gasteiger partial charge in [0, 0.05) is 23.9 Å². The Morgan fingerprint density at radius 2 is 1.69 bits per heavy atom. The zero-order valence-corrected chi connectivity index (χ0v) is 20.0. The fraction of sp³-hybridized carbons (Fsp3) is 0.179. The summed E-state index contributed by atoms with van der Waals surface area (Å²) in [4.78, 5) is 39.4. The molecule has 0 aromatic heterocycles. The number of rotatable bonds is 5. The average molecular weight is 471 g/mol. The Hall–Kier alpha value is -4.39. The number of aliphatic hydroxyl groups is 1. The van der Waals surface area contributed by atoms with E-state index in [1.165, 1.54) is 18.9 Å². The number of aryl methyl sites for hydroxylation is 2. The summed E-state index contributed by atoms with van der Waals surface area (Å²) in [5, 5.41) is 14.0. The van der Waals surface area contributed by atoms with Gasteiger partial charge in [0.25, 0.3) is 11.7 Å². The number of hydrogen-bond donors (Lipinski definition) is 2. The van der Waals surface area contributed by atoms with Gasteiger partial charge >= 0.3 is 0 Å². The molecule has 178 valence electrons. The van der Waals surface area contributed by atoms with Crippen LogP contribution < -0.4 is 15.0 Å². The monoisotopic (exact) mass is 470 g/mol. The number of ketones is 1. The highest BCUT2D eigenvalue weighted by atomic mass is 16.5. The van der Waals surface area contributed by atoms with Crippen molar-refractivity contribution in [2.45, 2.75) is 26.8 Å². The van der Waals surface area contributed by atoms with Crippen molar-refractivity contribution in [3.05, 3.63) is 94.6 Å². The Bertz CT molecular complexity index is 1360. The Kier molecular flexibility index (Phi) is 6.42. The maximum Gasteiger partial charge on any atom is 0.300 e. The summed E-state index contributed by atoms with van der Waals surface area (Å²) >= 11 is 0. The van der Waals surface area contributed by atoms with E-state index in [2.05, 4.69) is 5.32 Å². The molecule has 1 atom stereocenters. The predicted molar refractivity (Wildman–Crippen MR) is 134 cm³/mol. The summed E-state index contributed by atoms with van der Waals surface area (Å²) in [6.45, 7) is 5.28. The number of Topliss-reactive ketones (excluding diaryl/α,β-unsaturated/α-hetero) is 1. The van der Waals surface area contributed by atoms with Crippen molar-refractivity contribution < 1.29 is 24.2 Å². The molecule has 7 nitrogen and oxygen atoms in total. The van der Waals surface area contributed by atoms with Crippen LogP contribution in [-0.4, -0.2) is 29.8 Å². The molecule has 1 aliphatic heterocycles. The molecule has 1 heterocycles. The van der Waals surface area contributed by atoms with Gasteiger partial charge in [0.1, 0.15) is 11.5 Å². The highest BCUT2D eigenvalue weighted by Gasteiger charge is 2.47. The van der Waals surface area contributed by atoms with Crippen molar-refractivity contribution in [2.75, 3.05) is 17.3 Å². The van der Waals surface area contributed by atoms with Gasteiger partial charge in [-0.2, -0.15) is 0 Å². The van der Waals surface area contributed by atoms with Crippen LogP contribution in [-0.2, 0) is 14.4 Å². The summed E-state index contributed by atoms with van der Waals surface area (Å²) in [5.41, 5.74) is 4.08. The lowest BCUT2D eigenvalue weighted by molar-refractivity contribution is -0.132. The van der Waals surface area contributed by atoms with E-state index in [4.69, 9.17) is 4.74 Å². The lowest BCUT2D eigenvalue weighted by Gasteiger charge is -2.26. The molecule has 1 aliphatic rings. The Balaban J connectivity index is 1.90. The van der Waals surface area contributed by atoms with E-state index in [9.17, 15) is 19.5 Å². The topological polar surface area (TPSA) is 95.9 Å². The number of nitrogens with zero attached hydrogens (tertiary/aromatic N) is 1. The molecule has 1 unspecified atom stereocenters. The number of aliphatic hydroxyl groups excluding tert-OH is 1. The molecule has 2 N–H and O–H groups in total. The van der Waals surface area contributed by atoms with Gasteiger partial charge in [-0.1, -0.05) is 24.3 Å². The summed E-state index contributed by atoms with van der Waals surface area (Å²) < 4.78 is 5.36. The first-order chi connectivity index (χ1) is 16.7. The van der Waals surface area contributed by atoms with Crippen LogP contribution in [0.2, 0.25) is 0 Å². The quantitative estimate of drug-likeness (QED) is 0.314. The van der Waals surface area contributed by atoms with Crippen LogP contribution in [0.3, 0.4) is 0 Å². The molecule has 3 aromatic carbocycles. The predicted octanol–water partition coefficient (Wildman–Crippen LogP) is 4.90. The minimum absolute atomic E-state index is 0.00237. The number of hydrogen-bond acceptors (Lipinski definition) is 5. The number of carbonyl (C=O) groups excluding carboxylic acids is 3. The molecule has 4 rings (SSSR count). The molecular weight excluding hydrogens is 444 g/mol. The molecule has 0 bridgehead atoms. The van der Waals surface area contributed by atoms with Crippen molar-refractivity contribution in [3.63, 3.8) is 0 Å². The molecule has 2 amide bonds. The highest BCUT2D eigenvalue weighted by molar-refractivity contribution is 6.51. The third-order valence-electron chi connectivity index (χ3n) is 6.10. The van der Waals surface area contributed by atoms with Gasteiger partial charge in [-0.3, -0.25) is 19.3 Å². The van der Waals surface area contributed by atoms with E-state index < -0.39 is 17.7 Å². The van der Waals surface area contributed by atoms with E-state index in [0.717, 1.165) is 11.1 Å². The summed E-state index contributed by atoms with van der Waals surface area (Å²) in [6.07, 6.45) is 0. The smallest absolute Gasteiger partial charge is 0.300 e. The largest absolute Gasteiger partial charge is 0.507 e. The number of benzene rings is 3. The van der Waals surface area contributed by atoms with Crippen LogP contribution in [0.15, 0.2) is 72.3 Å². The lowest BCUT2D eigenvalue weighted by Crippen LogP contribution is -2.29. The Labute approximate surface area is 203 Å². The second-order valence-electron chi connectivity index (χ2n) is 8.47. The van der Waals surface area contributed by atoms with Crippen molar-refractivity contribution in [1.82, 2.24) is 0 Å². The molecule has 3 aromatic rings. The first-order valence-corrected chi connectivity index (χ1v) is 11.1. The normalized spacial score (nSPS) is 16.9. The van der Waals surface area contributed by atoms with Gasteiger partial charge in [0.15, 0.2) is 0 Å². The van der Waals surface area contributed by atoms with E-state index in [-0.39, 0.29) is 17.2 Å². The zero-order chi connectivity index (χ0) is 25.3. The number of nitrogens with one attached hydrogen (secondary N) is 1. The molecule has 0 aliphatic carbocycles. The maximum absolute atomic E-state index is 13.3. The first-order valence-electron chi connectivity index (χ1n) is 11.1. The van der Waals surface area contributed by atoms with Crippen LogP contribution in [0, 0.1) is 13.8 Å². The first kappa shape index (κ1) is 23.8. The van der Waals surface area contributed by atoms with E-state index >= 15 is 0 Å². The minimum Gasteiger partial charge on any atom is -0.507 e. The van der Waals surface area contributed by atoms with Crippen LogP contribution in [0.4, 0.5) is 11.4 Å². The van der Waals surface area contributed by atoms with Gasteiger partial charge < -0.3 is 15.2 Å². The van der Waals surface area contributed by atoms with Gasteiger partial charge in [-0.25, -0.2) is 0 Å². The van der Waals surface area contributed by atoms with E-state index in [1.54, 1.807) is 60.7 Å². The average Bonchev–Trinajstić information content (AvgIpc) is 3.11. The van der Waals surface area contributed by atoms with Crippen molar-refractivity contribution in [3.8, 4) is 5.75 Å². The van der Waals surface area contributed by atoms with Gasteiger partial charge in [0.05, 0.1) is 18.7 Å². The molecule has 0 saturated carbocycles. The molecule has 1 fully saturated rings. The number of anilines is 2. The third kappa shape index (κ3) is 4.53. The van der Waals surface area contributed by atoms with Crippen molar-refractivity contribution in [1.29, 1.82) is 0 Å². The number of ether oxygens (including phenoxy) is 1. The summed E-state index contributed by atoms with van der Waals surface area (Å²) in [6, 6.07) is 18.2. The lowest BCUT2D eigenvalue weighted by atomic mass is 9.94. The second-order valence-corrected chi connectivity index (χ2v) is 8.47. The fourth-order valence-electron chi connectivity index (χ4n) is 4.18. The van der Waals surface area contributed by atoms with E-state index in [0.29, 0.717) is 28.3 Å². The Morgan fingerprint density at radius 1 is 0.971 bits per heavy atom. The van der Waals surface area contributed by atoms with Crippen molar-refractivity contribution >= 4 is 34.7 Å². The SMILES string of the molecule is COc1cccc(C2/C(=C(/O)c3ccc(C)c(C)c3)C(=O)C(=O)N2c2ccc(NC(C)=O)cc2)c1. The molecule has 1 saturated heterocycles. The molecule has 7 heteroatoms. The van der Waals surface area contributed by atoms with Crippen LogP contribution in [0.5, 0.6) is 5.75 Å². The fourth-order valence-corrected chi connectivity index (χ4v) is 4.18. The second kappa shape index (κ2) is 9.46. The van der Waals surface area contributed by atoms with Crippen LogP contribution in [0.1, 0.15) is 35.2 Å². The number of amides is 2. The maximum atomic E-state index is 13.3. The molecule has 35 heavy (non-hydrogen) atoms. The third-order valence-corrected chi connectivity index (χ3v) is 6.10. The van der Waals surface area contributed by atoms with Gasteiger partial charge in [-0.15, -0.1) is 0 Å². The molecular formula is C28H26N2O5. The summed E-state index contributed by atoms with van der Waals surface area (Å²) in [5.74, 6) is -1.44. The molecule has 0 spiro atoms.